The minimum absolute atomic E-state index is 0.109. The molecule has 5 heteroatoms. The van der Waals surface area contributed by atoms with Crippen molar-refractivity contribution in [2.45, 2.75) is 38.8 Å². The lowest BCUT2D eigenvalue weighted by Crippen LogP contribution is -2.31. The van der Waals surface area contributed by atoms with Crippen LogP contribution in [0.15, 0.2) is 48.5 Å². The van der Waals surface area contributed by atoms with Crippen molar-refractivity contribution in [1.82, 2.24) is 5.32 Å². The first-order chi connectivity index (χ1) is 12.6. The molecule has 1 aliphatic heterocycles. The van der Waals surface area contributed by atoms with E-state index < -0.39 is 6.10 Å². The number of amides is 2. The molecule has 2 unspecified atom stereocenters. The molecule has 136 valence electrons. The molecule has 0 spiro atoms. The molecular weight excluding hydrogens is 328 g/mol. The second kappa shape index (κ2) is 8.15. The number of fused-ring (bicyclic) bond motifs is 1. The van der Waals surface area contributed by atoms with Crippen molar-refractivity contribution >= 4 is 17.5 Å². The van der Waals surface area contributed by atoms with Gasteiger partial charge in [-0.2, -0.15) is 0 Å². The van der Waals surface area contributed by atoms with Crippen LogP contribution in [0.3, 0.4) is 0 Å². The Morgan fingerprint density at radius 3 is 2.62 bits per heavy atom. The predicted molar refractivity (Wildman–Crippen MR) is 101 cm³/mol. The highest BCUT2D eigenvalue weighted by Gasteiger charge is 2.27. The number of hydrogen-bond donors (Lipinski definition) is 2. The molecule has 2 amide bonds. The van der Waals surface area contributed by atoms with E-state index in [1.165, 1.54) is 0 Å². The van der Waals surface area contributed by atoms with E-state index in [9.17, 15) is 9.59 Å². The highest BCUT2D eigenvalue weighted by molar-refractivity contribution is 5.97. The fraction of sp³-hybridized carbons (Fsp3) is 0.333. The molecular formula is C21H24N2O3. The average molecular weight is 352 g/mol. The van der Waals surface area contributed by atoms with Crippen LogP contribution in [-0.2, 0) is 16.0 Å². The van der Waals surface area contributed by atoms with Crippen molar-refractivity contribution in [3.05, 3.63) is 65.2 Å². The first kappa shape index (κ1) is 18.1. The lowest BCUT2D eigenvalue weighted by atomic mass is 9.97. The highest BCUT2D eigenvalue weighted by atomic mass is 16.5. The molecule has 26 heavy (non-hydrogen) atoms. The van der Waals surface area contributed by atoms with Gasteiger partial charge in [0.15, 0.2) is 6.10 Å². The lowest BCUT2D eigenvalue weighted by Gasteiger charge is -2.25. The summed E-state index contributed by atoms with van der Waals surface area (Å²) in [5.74, 6) is -0.310. The number of anilines is 1. The summed E-state index contributed by atoms with van der Waals surface area (Å²) >= 11 is 0. The molecule has 3 rings (SSSR count). The van der Waals surface area contributed by atoms with Crippen LogP contribution in [0.5, 0.6) is 0 Å². The first-order valence-corrected chi connectivity index (χ1v) is 8.99. The van der Waals surface area contributed by atoms with E-state index in [1.54, 1.807) is 24.3 Å². The van der Waals surface area contributed by atoms with Crippen molar-refractivity contribution in [3.8, 4) is 0 Å². The van der Waals surface area contributed by atoms with Crippen molar-refractivity contribution in [3.63, 3.8) is 0 Å². The summed E-state index contributed by atoms with van der Waals surface area (Å²) in [6.07, 6.45) is 1.09. The van der Waals surface area contributed by atoms with Crippen LogP contribution in [0, 0.1) is 0 Å². The van der Waals surface area contributed by atoms with Gasteiger partial charge in [-0.15, -0.1) is 0 Å². The molecule has 2 atom stereocenters. The van der Waals surface area contributed by atoms with Gasteiger partial charge in [0.05, 0.1) is 6.61 Å². The Balaban J connectivity index is 1.66. The standard InChI is InChI=1S/C21H24N2O3/c1-3-14(2)22-20(24)16-8-10-17(11-9-16)23-21(25)19-18-7-5-4-6-15(18)12-13-26-19/h4-11,14,19H,3,12-13H2,1-2H3,(H,22,24)(H,23,25). The van der Waals surface area contributed by atoms with Crippen LogP contribution in [0.4, 0.5) is 5.69 Å². The predicted octanol–water partition coefficient (Wildman–Crippen LogP) is 3.47. The van der Waals surface area contributed by atoms with Crippen LogP contribution in [0.2, 0.25) is 0 Å². The Labute approximate surface area is 153 Å². The van der Waals surface area contributed by atoms with E-state index >= 15 is 0 Å². The summed E-state index contributed by atoms with van der Waals surface area (Å²) < 4.78 is 5.68. The second-order valence-electron chi connectivity index (χ2n) is 6.55. The second-order valence-corrected chi connectivity index (χ2v) is 6.55. The maximum atomic E-state index is 12.6. The maximum absolute atomic E-state index is 12.6. The molecule has 0 bridgehead atoms. The summed E-state index contributed by atoms with van der Waals surface area (Å²) in [6.45, 7) is 4.52. The van der Waals surface area contributed by atoms with Crippen molar-refractivity contribution in [2.24, 2.45) is 0 Å². The van der Waals surface area contributed by atoms with Gasteiger partial charge in [0, 0.05) is 17.3 Å². The van der Waals surface area contributed by atoms with E-state index in [1.807, 2.05) is 38.1 Å². The van der Waals surface area contributed by atoms with E-state index in [0.29, 0.717) is 17.9 Å². The fourth-order valence-corrected chi connectivity index (χ4v) is 2.93. The quantitative estimate of drug-likeness (QED) is 0.866. The summed E-state index contributed by atoms with van der Waals surface area (Å²) in [5.41, 5.74) is 3.28. The molecule has 2 N–H and O–H groups in total. The molecule has 0 aromatic heterocycles. The molecule has 2 aromatic carbocycles. The molecule has 0 radical (unpaired) electrons. The van der Waals surface area contributed by atoms with Crippen LogP contribution >= 0.6 is 0 Å². The zero-order chi connectivity index (χ0) is 18.5. The highest BCUT2D eigenvalue weighted by Crippen LogP contribution is 2.28. The topological polar surface area (TPSA) is 67.4 Å². The van der Waals surface area contributed by atoms with Gasteiger partial charge in [-0.25, -0.2) is 0 Å². The largest absolute Gasteiger partial charge is 0.363 e. The number of benzene rings is 2. The van der Waals surface area contributed by atoms with E-state index in [4.69, 9.17) is 4.74 Å². The normalized spacial score (nSPS) is 17.1. The van der Waals surface area contributed by atoms with Crippen LogP contribution < -0.4 is 10.6 Å². The summed E-state index contributed by atoms with van der Waals surface area (Å²) in [6, 6.07) is 14.9. The average Bonchev–Trinajstić information content (AvgIpc) is 2.67. The van der Waals surface area contributed by atoms with Gasteiger partial charge in [-0.1, -0.05) is 31.2 Å². The Morgan fingerprint density at radius 1 is 1.15 bits per heavy atom. The third-order valence-corrected chi connectivity index (χ3v) is 4.64. The molecule has 2 aromatic rings. The van der Waals surface area contributed by atoms with Gasteiger partial charge in [0.2, 0.25) is 0 Å². The van der Waals surface area contributed by atoms with E-state index in [-0.39, 0.29) is 17.9 Å². The molecule has 5 nitrogen and oxygen atoms in total. The van der Waals surface area contributed by atoms with Crippen molar-refractivity contribution in [1.29, 1.82) is 0 Å². The Kier molecular flexibility index (Phi) is 5.68. The van der Waals surface area contributed by atoms with E-state index in [0.717, 1.165) is 24.0 Å². The Bertz CT molecular complexity index is 786. The number of nitrogens with one attached hydrogen (secondary N) is 2. The molecule has 0 saturated carbocycles. The monoisotopic (exact) mass is 352 g/mol. The lowest BCUT2D eigenvalue weighted by molar-refractivity contribution is -0.128. The number of carbonyl (C=O) groups excluding carboxylic acids is 2. The minimum Gasteiger partial charge on any atom is -0.363 e. The Hall–Kier alpha value is -2.66. The zero-order valence-electron chi connectivity index (χ0n) is 15.1. The first-order valence-electron chi connectivity index (χ1n) is 8.99. The molecule has 0 saturated heterocycles. The molecule has 0 fully saturated rings. The minimum atomic E-state index is -0.603. The SMILES string of the molecule is CCC(C)NC(=O)c1ccc(NC(=O)C2OCCc3ccccc32)cc1. The Morgan fingerprint density at radius 2 is 1.88 bits per heavy atom. The van der Waals surface area contributed by atoms with E-state index in [2.05, 4.69) is 10.6 Å². The van der Waals surface area contributed by atoms with Crippen molar-refractivity contribution in [2.75, 3.05) is 11.9 Å². The van der Waals surface area contributed by atoms with Crippen LogP contribution in [-0.4, -0.2) is 24.5 Å². The van der Waals surface area contributed by atoms with Gasteiger partial charge in [-0.3, -0.25) is 9.59 Å². The van der Waals surface area contributed by atoms with Gasteiger partial charge in [0.25, 0.3) is 11.8 Å². The number of ether oxygens (including phenoxy) is 1. The smallest absolute Gasteiger partial charge is 0.258 e. The summed E-state index contributed by atoms with van der Waals surface area (Å²) in [5, 5.41) is 5.80. The number of hydrogen-bond acceptors (Lipinski definition) is 3. The van der Waals surface area contributed by atoms with Gasteiger partial charge < -0.3 is 15.4 Å². The molecule has 0 aliphatic carbocycles. The van der Waals surface area contributed by atoms with Crippen LogP contribution in [0.25, 0.3) is 0 Å². The summed E-state index contributed by atoms with van der Waals surface area (Å²) in [4.78, 5) is 24.7. The van der Waals surface area contributed by atoms with Gasteiger partial charge >= 0.3 is 0 Å². The third-order valence-electron chi connectivity index (χ3n) is 4.64. The molecule has 1 aliphatic rings. The van der Waals surface area contributed by atoms with Crippen LogP contribution in [0.1, 0.15) is 47.9 Å². The molecule has 1 heterocycles. The number of carbonyl (C=O) groups is 2. The maximum Gasteiger partial charge on any atom is 0.258 e. The van der Waals surface area contributed by atoms with Crippen molar-refractivity contribution < 1.29 is 14.3 Å². The van der Waals surface area contributed by atoms with Gasteiger partial charge in [-0.05, 0) is 55.2 Å². The fourth-order valence-electron chi connectivity index (χ4n) is 2.93. The van der Waals surface area contributed by atoms with Gasteiger partial charge in [0.1, 0.15) is 0 Å². The third kappa shape index (κ3) is 4.11. The number of rotatable bonds is 5. The summed E-state index contributed by atoms with van der Waals surface area (Å²) in [7, 11) is 0. The zero-order valence-corrected chi connectivity index (χ0v) is 15.1.